The molecule has 0 saturated carbocycles. The van der Waals surface area contributed by atoms with E-state index >= 15 is 0 Å². The molecule has 0 spiro atoms. The standard InChI is InChI=1S/C22H22N4O6/c1-14(2)13-32-18-9-7-15(8-10-18)22(3)20(28)25(21(29)24-22)12-19(27)23-16-5-4-6-17(11-16)26(30)31/h4-11H,1,12-13H2,2-3H3,(H,23,27)(H,24,29). The van der Waals surface area contributed by atoms with Gasteiger partial charge in [0.25, 0.3) is 11.6 Å². The number of nitrogens with zero attached hydrogens (tertiary/aromatic N) is 2. The number of rotatable bonds is 8. The van der Waals surface area contributed by atoms with E-state index in [0.717, 1.165) is 10.5 Å². The first-order valence-corrected chi connectivity index (χ1v) is 9.66. The normalized spacial score (nSPS) is 17.6. The third-order valence-electron chi connectivity index (χ3n) is 4.83. The quantitative estimate of drug-likeness (QED) is 0.282. The summed E-state index contributed by atoms with van der Waals surface area (Å²) in [7, 11) is 0. The summed E-state index contributed by atoms with van der Waals surface area (Å²) in [6, 6.07) is 11.3. The van der Waals surface area contributed by atoms with Gasteiger partial charge in [-0.2, -0.15) is 0 Å². The fourth-order valence-corrected chi connectivity index (χ4v) is 3.17. The molecule has 32 heavy (non-hydrogen) atoms. The summed E-state index contributed by atoms with van der Waals surface area (Å²) in [5, 5.41) is 16.0. The minimum absolute atomic E-state index is 0.185. The minimum Gasteiger partial charge on any atom is -0.489 e. The van der Waals surface area contributed by atoms with Gasteiger partial charge in [-0.3, -0.25) is 24.6 Å². The summed E-state index contributed by atoms with van der Waals surface area (Å²) in [5.74, 6) is -0.667. The van der Waals surface area contributed by atoms with Crippen LogP contribution in [0.2, 0.25) is 0 Å². The Bertz CT molecular complexity index is 1100. The van der Waals surface area contributed by atoms with Crippen LogP contribution in [0.5, 0.6) is 5.75 Å². The molecule has 1 heterocycles. The van der Waals surface area contributed by atoms with Crippen molar-refractivity contribution in [1.29, 1.82) is 0 Å². The van der Waals surface area contributed by atoms with Crippen molar-refractivity contribution in [3.63, 3.8) is 0 Å². The first kappa shape index (κ1) is 22.5. The zero-order valence-electron chi connectivity index (χ0n) is 17.6. The molecule has 4 amide bonds. The summed E-state index contributed by atoms with van der Waals surface area (Å²) in [4.78, 5) is 48.9. The molecule has 1 saturated heterocycles. The number of nitrogens with one attached hydrogen (secondary N) is 2. The van der Waals surface area contributed by atoms with Gasteiger partial charge in [0.05, 0.1) is 4.92 Å². The molecule has 1 unspecified atom stereocenters. The van der Waals surface area contributed by atoms with Crippen LogP contribution in [0.3, 0.4) is 0 Å². The molecule has 0 aromatic heterocycles. The highest BCUT2D eigenvalue weighted by atomic mass is 16.6. The molecule has 166 valence electrons. The SMILES string of the molecule is C=C(C)COc1ccc(C2(C)NC(=O)N(CC(=O)Nc3cccc([N+](=O)[O-])c3)C2=O)cc1. The lowest BCUT2D eigenvalue weighted by molar-refractivity contribution is -0.384. The molecule has 1 aliphatic heterocycles. The van der Waals surface area contributed by atoms with Crippen molar-refractivity contribution in [3.8, 4) is 5.75 Å². The number of ether oxygens (including phenoxy) is 1. The van der Waals surface area contributed by atoms with Crippen molar-refractivity contribution in [1.82, 2.24) is 10.2 Å². The van der Waals surface area contributed by atoms with E-state index in [2.05, 4.69) is 17.2 Å². The summed E-state index contributed by atoms with van der Waals surface area (Å²) >= 11 is 0. The Balaban J connectivity index is 1.69. The minimum atomic E-state index is -1.35. The summed E-state index contributed by atoms with van der Waals surface area (Å²) in [6.07, 6.45) is 0. The van der Waals surface area contributed by atoms with E-state index in [1.807, 2.05) is 6.92 Å². The van der Waals surface area contributed by atoms with Crippen molar-refractivity contribution in [2.24, 2.45) is 0 Å². The van der Waals surface area contributed by atoms with Gasteiger partial charge in [0.1, 0.15) is 24.4 Å². The molecular formula is C22H22N4O6. The predicted molar refractivity (Wildman–Crippen MR) is 116 cm³/mol. The average Bonchev–Trinajstić information content (AvgIpc) is 2.96. The van der Waals surface area contributed by atoms with Crippen LogP contribution in [-0.4, -0.2) is 40.8 Å². The third-order valence-corrected chi connectivity index (χ3v) is 4.83. The molecule has 0 radical (unpaired) electrons. The zero-order chi connectivity index (χ0) is 23.5. The molecule has 1 aliphatic rings. The van der Waals surface area contributed by atoms with Crippen LogP contribution in [-0.2, 0) is 15.1 Å². The van der Waals surface area contributed by atoms with Gasteiger partial charge in [-0.05, 0) is 43.2 Å². The van der Waals surface area contributed by atoms with Crippen LogP contribution in [0.4, 0.5) is 16.2 Å². The molecule has 3 rings (SSSR count). The zero-order valence-corrected chi connectivity index (χ0v) is 17.6. The lowest BCUT2D eigenvalue weighted by atomic mass is 9.92. The number of benzene rings is 2. The Labute approximate surface area is 184 Å². The molecule has 2 aromatic carbocycles. The molecule has 0 bridgehead atoms. The number of nitro benzene ring substituents is 1. The molecular weight excluding hydrogens is 416 g/mol. The van der Waals surface area contributed by atoms with Crippen LogP contribution in [0.25, 0.3) is 0 Å². The first-order chi connectivity index (χ1) is 15.1. The van der Waals surface area contributed by atoms with Gasteiger partial charge in [0.2, 0.25) is 5.91 Å². The lowest BCUT2D eigenvalue weighted by Gasteiger charge is -2.22. The highest BCUT2D eigenvalue weighted by Gasteiger charge is 2.49. The van der Waals surface area contributed by atoms with Gasteiger partial charge in [-0.25, -0.2) is 4.79 Å². The number of hydrogen-bond donors (Lipinski definition) is 2. The van der Waals surface area contributed by atoms with E-state index in [1.54, 1.807) is 31.2 Å². The molecule has 2 aromatic rings. The number of non-ortho nitro benzene ring substituents is 1. The van der Waals surface area contributed by atoms with Crippen LogP contribution >= 0.6 is 0 Å². The highest BCUT2D eigenvalue weighted by Crippen LogP contribution is 2.30. The van der Waals surface area contributed by atoms with E-state index in [9.17, 15) is 24.5 Å². The third kappa shape index (κ3) is 4.75. The molecule has 0 aliphatic carbocycles. The monoisotopic (exact) mass is 438 g/mol. The van der Waals surface area contributed by atoms with Crippen molar-refractivity contribution in [2.75, 3.05) is 18.5 Å². The molecule has 1 atom stereocenters. The summed E-state index contributed by atoms with van der Waals surface area (Å²) in [5.41, 5.74) is 0.0271. The fourth-order valence-electron chi connectivity index (χ4n) is 3.17. The number of nitro groups is 1. The number of anilines is 1. The number of carbonyl (C=O) groups excluding carboxylic acids is 3. The first-order valence-electron chi connectivity index (χ1n) is 9.66. The van der Waals surface area contributed by atoms with E-state index in [0.29, 0.717) is 17.9 Å². The molecule has 2 N–H and O–H groups in total. The highest BCUT2D eigenvalue weighted by molar-refractivity contribution is 6.10. The van der Waals surface area contributed by atoms with Gasteiger partial charge in [0, 0.05) is 17.8 Å². The topological polar surface area (TPSA) is 131 Å². The molecule has 10 heteroatoms. The van der Waals surface area contributed by atoms with Crippen LogP contribution in [0.1, 0.15) is 19.4 Å². The number of urea groups is 1. The lowest BCUT2D eigenvalue weighted by Crippen LogP contribution is -2.42. The molecule has 10 nitrogen and oxygen atoms in total. The smallest absolute Gasteiger partial charge is 0.325 e. The summed E-state index contributed by atoms with van der Waals surface area (Å²) < 4.78 is 5.54. The van der Waals surface area contributed by atoms with E-state index < -0.39 is 34.9 Å². The number of imide groups is 1. The van der Waals surface area contributed by atoms with Gasteiger partial charge < -0.3 is 15.4 Å². The molecule has 1 fully saturated rings. The largest absolute Gasteiger partial charge is 0.489 e. The Kier molecular flexibility index (Phi) is 6.24. The number of carbonyl (C=O) groups is 3. The Morgan fingerprint density at radius 2 is 1.94 bits per heavy atom. The van der Waals surface area contributed by atoms with Gasteiger partial charge in [-0.15, -0.1) is 0 Å². The van der Waals surface area contributed by atoms with Crippen molar-refractivity contribution >= 4 is 29.2 Å². The van der Waals surface area contributed by atoms with E-state index in [4.69, 9.17) is 4.74 Å². The fraction of sp³-hybridized carbons (Fsp3) is 0.227. The van der Waals surface area contributed by atoms with E-state index in [1.165, 1.54) is 24.3 Å². The second-order valence-electron chi connectivity index (χ2n) is 7.57. The second-order valence-corrected chi connectivity index (χ2v) is 7.57. The second kappa shape index (κ2) is 8.88. The predicted octanol–water partition coefficient (Wildman–Crippen LogP) is 2.96. The average molecular weight is 438 g/mol. The van der Waals surface area contributed by atoms with Gasteiger partial charge in [-0.1, -0.05) is 24.8 Å². The van der Waals surface area contributed by atoms with Crippen LogP contribution in [0, 0.1) is 10.1 Å². The van der Waals surface area contributed by atoms with Crippen LogP contribution in [0.15, 0.2) is 60.7 Å². The summed E-state index contributed by atoms with van der Waals surface area (Å²) in [6.45, 7) is 6.98. The van der Waals surface area contributed by atoms with Crippen LogP contribution < -0.4 is 15.4 Å². The van der Waals surface area contributed by atoms with Crippen molar-refractivity contribution in [2.45, 2.75) is 19.4 Å². The Morgan fingerprint density at radius 3 is 2.56 bits per heavy atom. The van der Waals surface area contributed by atoms with Gasteiger partial charge in [0.15, 0.2) is 0 Å². The maximum atomic E-state index is 13.0. The van der Waals surface area contributed by atoms with Crippen molar-refractivity contribution in [3.05, 3.63) is 76.4 Å². The maximum Gasteiger partial charge on any atom is 0.325 e. The van der Waals surface area contributed by atoms with Gasteiger partial charge >= 0.3 is 6.03 Å². The Morgan fingerprint density at radius 1 is 1.25 bits per heavy atom. The van der Waals surface area contributed by atoms with E-state index in [-0.39, 0.29) is 11.4 Å². The number of amides is 4. The maximum absolute atomic E-state index is 13.0. The van der Waals surface area contributed by atoms with Crippen molar-refractivity contribution < 1.29 is 24.0 Å². The Hall–Kier alpha value is -4.21. The number of hydrogen-bond acceptors (Lipinski definition) is 6.